The van der Waals surface area contributed by atoms with E-state index in [4.69, 9.17) is 9.88 Å². The Morgan fingerprint density at radius 3 is 2.42 bits per heavy atom. The molecule has 0 atom stereocenters. The van der Waals surface area contributed by atoms with Gasteiger partial charge in [-0.05, 0) is 25.1 Å². The summed E-state index contributed by atoms with van der Waals surface area (Å²) in [5.74, 6) is 0. The summed E-state index contributed by atoms with van der Waals surface area (Å²) in [6.45, 7) is 2.63. The molecule has 0 bridgehead atoms. The first-order chi connectivity index (χ1) is 8.77. The van der Waals surface area contributed by atoms with Crippen LogP contribution in [0.2, 0.25) is 0 Å². The maximum atomic E-state index is 11.9. The molecule has 0 aromatic heterocycles. The highest BCUT2D eigenvalue weighted by molar-refractivity contribution is 7.90. The fraction of sp³-hybridized carbons (Fsp3) is 0.400. The largest absolute Gasteiger partial charge is 0.380 e. The van der Waals surface area contributed by atoms with Crippen molar-refractivity contribution in [3.63, 3.8) is 0 Å². The van der Waals surface area contributed by atoms with Crippen LogP contribution in [0, 0.1) is 0 Å². The number of ether oxygens (including phenoxy) is 1. The van der Waals surface area contributed by atoms with E-state index in [2.05, 4.69) is 4.72 Å². The normalized spacial score (nSPS) is 12.5. The van der Waals surface area contributed by atoms with Gasteiger partial charge in [-0.2, -0.15) is 0 Å². The Labute approximate surface area is 112 Å². The molecule has 0 heterocycles. The predicted octanol–water partition coefficient (Wildman–Crippen LogP) is -0.351. The Balaban J connectivity index is 2.90. The van der Waals surface area contributed by atoms with Gasteiger partial charge in [0.1, 0.15) is 0 Å². The lowest BCUT2D eigenvalue weighted by molar-refractivity contribution is 0.153. The Hall–Kier alpha value is -1.00. The van der Waals surface area contributed by atoms with Gasteiger partial charge in [0.15, 0.2) is 0 Å². The minimum absolute atomic E-state index is 0.107. The minimum Gasteiger partial charge on any atom is -0.380 e. The highest BCUT2D eigenvalue weighted by atomic mass is 32.2. The highest BCUT2D eigenvalue weighted by Gasteiger charge is 2.16. The first kappa shape index (κ1) is 16.1. The molecule has 0 aliphatic carbocycles. The summed E-state index contributed by atoms with van der Waals surface area (Å²) < 4.78 is 53.4. The molecule has 9 heteroatoms. The molecule has 1 rings (SSSR count). The van der Waals surface area contributed by atoms with Crippen molar-refractivity contribution in [2.75, 3.05) is 19.8 Å². The molecule has 7 nitrogen and oxygen atoms in total. The molecule has 1 aromatic carbocycles. The fourth-order valence-electron chi connectivity index (χ4n) is 1.29. The lowest BCUT2D eigenvalue weighted by atomic mass is 10.4. The van der Waals surface area contributed by atoms with E-state index < -0.39 is 20.0 Å². The fourth-order valence-corrected chi connectivity index (χ4v) is 2.99. The van der Waals surface area contributed by atoms with Crippen LogP contribution < -0.4 is 9.86 Å². The molecule has 0 fully saturated rings. The van der Waals surface area contributed by atoms with Crippen LogP contribution in [0.25, 0.3) is 0 Å². The van der Waals surface area contributed by atoms with Gasteiger partial charge in [0.2, 0.25) is 20.0 Å². The molecule has 0 spiro atoms. The number of sulfonamides is 2. The van der Waals surface area contributed by atoms with Crippen molar-refractivity contribution in [3.05, 3.63) is 24.3 Å². The summed E-state index contributed by atoms with van der Waals surface area (Å²) in [4.78, 5) is -0.407. The molecule has 108 valence electrons. The second-order valence-corrected chi connectivity index (χ2v) is 6.94. The average Bonchev–Trinajstić information content (AvgIpc) is 2.34. The van der Waals surface area contributed by atoms with Gasteiger partial charge in [-0.25, -0.2) is 26.7 Å². The van der Waals surface area contributed by atoms with Crippen LogP contribution >= 0.6 is 0 Å². The second-order valence-electron chi connectivity index (χ2n) is 3.61. The average molecular weight is 308 g/mol. The van der Waals surface area contributed by atoms with Gasteiger partial charge in [-0.15, -0.1) is 0 Å². The first-order valence-corrected chi connectivity index (χ1v) is 8.50. The molecule has 0 radical (unpaired) electrons. The quantitative estimate of drug-likeness (QED) is 0.668. The van der Waals surface area contributed by atoms with E-state index >= 15 is 0 Å². The van der Waals surface area contributed by atoms with E-state index in [1.165, 1.54) is 18.2 Å². The van der Waals surface area contributed by atoms with Crippen LogP contribution in [0.3, 0.4) is 0 Å². The molecule has 19 heavy (non-hydrogen) atoms. The Kier molecular flexibility index (Phi) is 5.44. The lowest BCUT2D eigenvalue weighted by Crippen LogP contribution is -2.27. The van der Waals surface area contributed by atoms with E-state index in [-0.39, 0.29) is 22.9 Å². The van der Waals surface area contributed by atoms with Crippen molar-refractivity contribution < 1.29 is 21.6 Å². The molecular formula is C10H16N2O5S2. The van der Waals surface area contributed by atoms with Gasteiger partial charge in [0.05, 0.1) is 16.4 Å². The third-order valence-electron chi connectivity index (χ3n) is 2.19. The van der Waals surface area contributed by atoms with E-state index in [0.29, 0.717) is 6.61 Å². The monoisotopic (exact) mass is 308 g/mol. The summed E-state index contributed by atoms with van der Waals surface area (Å²) in [7, 11) is -7.71. The summed E-state index contributed by atoms with van der Waals surface area (Å²) in [6, 6.07) is 4.85. The molecule has 0 aliphatic heterocycles. The van der Waals surface area contributed by atoms with Crippen LogP contribution in [-0.2, 0) is 24.8 Å². The van der Waals surface area contributed by atoms with E-state index in [9.17, 15) is 16.8 Å². The van der Waals surface area contributed by atoms with Gasteiger partial charge in [0.25, 0.3) is 0 Å². The number of nitrogens with two attached hydrogens (primary N) is 1. The van der Waals surface area contributed by atoms with Crippen molar-refractivity contribution in [2.24, 2.45) is 5.14 Å². The van der Waals surface area contributed by atoms with Gasteiger partial charge >= 0.3 is 0 Å². The molecule has 3 N–H and O–H groups in total. The molecule has 1 aromatic rings. The lowest BCUT2D eigenvalue weighted by Gasteiger charge is -2.07. The summed E-state index contributed by atoms with van der Waals surface area (Å²) in [5.41, 5.74) is 0. The number of hydrogen-bond acceptors (Lipinski definition) is 5. The van der Waals surface area contributed by atoms with Crippen molar-refractivity contribution in [3.8, 4) is 0 Å². The Morgan fingerprint density at radius 1 is 1.21 bits per heavy atom. The zero-order valence-electron chi connectivity index (χ0n) is 10.4. The zero-order chi connectivity index (χ0) is 14.5. The maximum absolute atomic E-state index is 11.9. The van der Waals surface area contributed by atoms with Crippen molar-refractivity contribution in [1.29, 1.82) is 0 Å². The van der Waals surface area contributed by atoms with Crippen molar-refractivity contribution in [1.82, 2.24) is 4.72 Å². The minimum atomic E-state index is -3.93. The molecule has 0 saturated carbocycles. The molecule has 0 saturated heterocycles. The van der Waals surface area contributed by atoms with E-state index in [1.807, 2.05) is 0 Å². The second kappa shape index (κ2) is 6.44. The number of primary sulfonamides is 1. The van der Waals surface area contributed by atoms with Gasteiger partial charge in [-0.3, -0.25) is 0 Å². The Morgan fingerprint density at radius 2 is 1.84 bits per heavy atom. The van der Waals surface area contributed by atoms with Crippen LogP contribution in [0.1, 0.15) is 6.92 Å². The van der Waals surface area contributed by atoms with Crippen LogP contribution in [0.15, 0.2) is 34.1 Å². The smallest absolute Gasteiger partial charge is 0.240 e. The Bertz CT molecular complexity index is 625. The highest BCUT2D eigenvalue weighted by Crippen LogP contribution is 2.14. The maximum Gasteiger partial charge on any atom is 0.240 e. The SMILES string of the molecule is CCOCCNS(=O)(=O)c1cccc(S(N)(=O)=O)c1. The third kappa shape index (κ3) is 4.88. The van der Waals surface area contributed by atoms with E-state index in [1.54, 1.807) is 6.92 Å². The topological polar surface area (TPSA) is 116 Å². The van der Waals surface area contributed by atoms with Crippen molar-refractivity contribution in [2.45, 2.75) is 16.7 Å². The van der Waals surface area contributed by atoms with Crippen LogP contribution in [-0.4, -0.2) is 36.6 Å². The first-order valence-electron chi connectivity index (χ1n) is 5.47. The van der Waals surface area contributed by atoms with E-state index in [0.717, 1.165) is 6.07 Å². The number of hydrogen-bond donors (Lipinski definition) is 2. The number of nitrogens with one attached hydrogen (secondary N) is 1. The van der Waals surface area contributed by atoms with Gasteiger partial charge in [-0.1, -0.05) is 6.07 Å². The van der Waals surface area contributed by atoms with Gasteiger partial charge in [0, 0.05) is 13.2 Å². The molecule has 0 unspecified atom stereocenters. The number of benzene rings is 1. The standard InChI is InChI=1S/C10H16N2O5S2/c1-2-17-7-6-12-19(15,16)10-5-3-4-9(8-10)18(11,13)14/h3-5,8,12H,2,6-7H2,1H3,(H2,11,13,14). The van der Waals surface area contributed by atoms with Crippen molar-refractivity contribution >= 4 is 20.0 Å². The van der Waals surface area contributed by atoms with Crippen LogP contribution in [0.5, 0.6) is 0 Å². The third-order valence-corrected chi connectivity index (χ3v) is 4.56. The van der Waals surface area contributed by atoms with Gasteiger partial charge < -0.3 is 4.74 Å². The predicted molar refractivity (Wildman–Crippen MR) is 69.5 cm³/mol. The molecule has 0 aliphatic rings. The van der Waals surface area contributed by atoms with Crippen LogP contribution in [0.4, 0.5) is 0 Å². The summed E-state index contributed by atoms with van der Waals surface area (Å²) in [5, 5.41) is 4.95. The molecule has 0 amide bonds. The molecular weight excluding hydrogens is 292 g/mol. The summed E-state index contributed by atoms with van der Waals surface area (Å²) >= 11 is 0. The zero-order valence-corrected chi connectivity index (χ0v) is 12.0. The summed E-state index contributed by atoms with van der Waals surface area (Å²) in [6.07, 6.45) is 0. The number of rotatable bonds is 7.